The second kappa shape index (κ2) is 7.02. The molecule has 0 unspecified atom stereocenters. The van der Waals surface area contributed by atoms with Crippen molar-refractivity contribution in [1.29, 1.82) is 0 Å². The van der Waals surface area contributed by atoms with Crippen LogP contribution < -0.4 is 11.1 Å². The Labute approximate surface area is 128 Å². The van der Waals surface area contributed by atoms with Crippen LogP contribution >= 0.6 is 0 Å². The number of aromatic nitrogens is 1. The summed E-state index contributed by atoms with van der Waals surface area (Å²) in [5.41, 5.74) is 8.98. The number of carbonyl (C=O) groups excluding carboxylic acids is 1. The van der Waals surface area contributed by atoms with Crippen LogP contribution in [0.2, 0.25) is 0 Å². The SMILES string of the molecule is Cc1cc(N)ncc1-c1ccc(C(=O)NC(CO)CO)cc1. The number of aliphatic hydroxyl groups excluding tert-OH is 2. The zero-order chi connectivity index (χ0) is 16.1. The first-order chi connectivity index (χ1) is 10.5. The highest BCUT2D eigenvalue weighted by molar-refractivity contribution is 5.95. The normalized spacial score (nSPS) is 10.7. The summed E-state index contributed by atoms with van der Waals surface area (Å²) in [6.07, 6.45) is 1.70. The number of rotatable bonds is 5. The van der Waals surface area contributed by atoms with Crippen LogP contribution in [0.25, 0.3) is 11.1 Å². The molecular formula is C16H19N3O3. The molecule has 1 aromatic carbocycles. The fourth-order valence-corrected chi connectivity index (χ4v) is 2.10. The van der Waals surface area contributed by atoms with E-state index < -0.39 is 6.04 Å². The Kier molecular flexibility index (Phi) is 5.08. The number of aliphatic hydroxyl groups is 2. The Bertz CT molecular complexity index is 652. The van der Waals surface area contributed by atoms with E-state index in [2.05, 4.69) is 10.3 Å². The van der Waals surface area contributed by atoms with Crippen LogP contribution in [0.5, 0.6) is 0 Å². The Morgan fingerprint density at radius 2 is 1.91 bits per heavy atom. The fourth-order valence-electron chi connectivity index (χ4n) is 2.10. The molecule has 0 aliphatic heterocycles. The number of carbonyl (C=O) groups is 1. The average Bonchev–Trinajstić information content (AvgIpc) is 2.52. The van der Waals surface area contributed by atoms with Crippen molar-refractivity contribution in [2.75, 3.05) is 18.9 Å². The van der Waals surface area contributed by atoms with E-state index in [4.69, 9.17) is 15.9 Å². The average molecular weight is 301 g/mol. The first-order valence-electron chi connectivity index (χ1n) is 6.90. The number of pyridine rings is 1. The van der Waals surface area contributed by atoms with Gasteiger partial charge in [-0.2, -0.15) is 0 Å². The molecule has 0 fully saturated rings. The maximum Gasteiger partial charge on any atom is 0.251 e. The van der Waals surface area contributed by atoms with Gasteiger partial charge in [0.05, 0.1) is 19.3 Å². The van der Waals surface area contributed by atoms with Gasteiger partial charge in [0, 0.05) is 17.3 Å². The second-order valence-corrected chi connectivity index (χ2v) is 5.04. The number of hydrogen-bond donors (Lipinski definition) is 4. The largest absolute Gasteiger partial charge is 0.394 e. The van der Waals surface area contributed by atoms with Crippen molar-refractivity contribution in [2.24, 2.45) is 0 Å². The summed E-state index contributed by atoms with van der Waals surface area (Å²) in [6, 6.07) is 8.15. The van der Waals surface area contributed by atoms with Gasteiger partial charge in [0.15, 0.2) is 0 Å². The van der Waals surface area contributed by atoms with Crippen LogP contribution in [0.3, 0.4) is 0 Å². The summed E-state index contributed by atoms with van der Waals surface area (Å²) >= 11 is 0. The minimum Gasteiger partial charge on any atom is -0.394 e. The zero-order valence-corrected chi connectivity index (χ0v) is 12.3. The number of aryl methyl sites for hydroxylation is 1. The number of nitrogen functional groups attached to an aromatic ring is 1. The highest BCUT2D eigenvalue weighted by atomic mass is 16.3. The highest BCUT2D eigenvalue weighted by Gasteiger charge is 2.12. The number of amides is 1. The molecule has 2 aromatic rings. The van der Waals surface area contributed by atoms with E-state index in [1.807, 2.05) is 19.1 Å². The lowest BCUT2D eigenvalue weighted by molar-refractivity contribution is 0.0879. The fraction of sp³-hybridized carbons (Fsp3) is 0.250. The number of nitrogens with zero attached hydrogens (tertiary/aromatic N) is 1. The molecule has 22 heavy (non-hydrogen) atoms. The third-order valence-corrected chi connectivity index (χ3v) is 3.37. The minimum atomic E-state index is -0.657. The van der Waals surface area contributed by atoms with Crippen molar-refractivity contribution in [3.63, 3.8) is 0 Å². The van der Waals surface area contributed by atoms with Crippen molar-refractivity contribution in [3.05, 3.63) is 47.7 Å². The van der Waals surface area contributed by atoms with Gasteiger partial charge in [0.1, 0.15) is 5.82 Å². The van der Waals surface area contributed by atoms with Gasteiger partial charge in [0.2, 0.25) is 0 Å². The van der Waals surface area contributed by atoms with Gasteiger partial charge in [-0.05, 0) is 36.2 Å². The molecule has 0 spiro atoms. The highest BCUT2D eigenvalue weighted by Crippen LogP contribution is 2.23. The lowest BCUT2D eigenvalue weighted by Gasteiger charge is -2.13. The summed E-state index contributed by atoms with van der Waals surface area (Å²) in [7, 11) is 0. The van der Waals surface area contributed by atoms with Gasteiger partial charge in [-0.15, -0.1) is 0 Å². The quantitative estimate of drug-likeness (QED) is 0.651. The molecule has 0 saturated heterocycles. The molecule has 0 atom stereocenters. The van der Waals surface area contributed by atoms with E-state index in [1.54, 1.807) is 24.4 Å². The third kappa shape index (κ3) is 3.60. The second-order valence-electron chi connectivity index (χ2n) is 5.04. The van der Waals surface area contributed by atoms with Gasteiger partial charge in [-0.1, -0.05) is 12.1 Å². The lowest BCUT2D eigenvalue weighted by atomic mass is 10.0. The summed E-state index contributed by atoms with van der Waals surface area (Å²) in [5, 5.41) is 20.5. The standard InChI is InChI=1S/C16H19N3O3/c1-10-6-15(17)18-7-14(10)11-2-4-12(5-3-11)16(22)19-13(8-20)9-21/h2-7,13,20-21H,8-9H2,1H3,(H2,17,18)(H,19,22). The molecular weight excluding hydrogens is 282 g/mol. The molecule has 1 heterocycles. The van der Waals surface area contributed by atoms with Crippen molar-refractivity contribution >= 4 is 11.7 Å². The summed E-state index contributed by atoms with van der Waals surface area (Å²) in [4.78, 5) is 16.0. The maximum absolute atomic E-state index is 12.0. The predicted octanol–water partition coefficient (Wildman–Crippen LogP) is 0.722. The molecule has 6 nitrogen and oxygen atoms in total. The predicted molar refractivity (Wildman–Crippen MR) is 84.2 cm³/mol. The van der Waals surface area contributed by atoms with E-state index in [-0.39, 0.29) is 19.1 Å². The number of nitrogens with two attached hydrogens (primary N) is 1. The molecule has 0 aliphatic rings. The van der Waals surface area contributed by atoms with Crippen LogP contribution in [0, 0.1) is 6.92 Å². The first kappa shape index (κ1) is 15.9. The third-order valence-electron chi connectivity index (χ3n) is 3.37. The van der Waals surface area contributed by atoms with Crippen LogP contribution in [0.15, 0.2) is 36.5 Å². The van der Waals surface area contributed by atoms with E-state index >= 15 is 0 Å². The Hall–Kier alpha value is -2.44. The summed E-state index contributed by atoms with van der Waals surface area (Å²) in [6.45, 7) is 1.33. The van der Waals surface area contributed by atoms with Crippen molar-refractivity contribution < 1.29 is 15.0 Å². The van der Waals surface area contributed by atoms with Gasteiger partial charge < -0.3 is 21.3 Å². The van der Waals surface area contributed by atoms with Crippen molar-refractivity contribution in [1.82, 2.24) is 10.3 Å². The van der Waals surface area contributed by atoms with E-state index in [1.165, 1.54) is 0 Å². The molecule has 0 radical (unpaired) electrons. The number of hydrogen-bond acceptors (Lipinski definition) is 5. The van der Waals surface area contributed by atoms with Crippen molar-refractivity contribution in [3.8, 4) is 11.1 Å². The molecule has 1 aromatic heterocycles. The minimum absolute atomic E-state index is 0.309. The Balaban J connectivity index is 2.18. The van der Waals surface area contributed by atoms with Crippen LogP contribution in [0.4, 0.5) is 5.82 Å². The van der Waals surface area contributed by atoms with Gasteiger partial charge in [0.25, 0.3) is 5.91 Å². The molecule has 0 saturated carbocycles. The lowest BCUT2D eigenvalue weighted by Crippen LogP contribution is -2.40. The van der Waals surface area contributed by atoms with E-state index in [9.17, 15) is 4.79 Å². The van der Waals surface area contributed by atoms with E-state index in [0.29, 0.717) is 11.4 Å². The maximum atomic E-state index is 12.0. The molecule has 1 amide bonds. The first-order valence-corrected chi connectivity index (χ1v) is 6.90. The molecule has 116 valence electrons. The molecule has 6 heteroatoms. The Morgan fingerprint density at radius 1 is 1.27 bits per heavy atom. The molecule has 0 aliphatic carbocycles. The molecule has 5 N–H and O–H groups in total. The number of benzene rings is 1. The van der Waals surface area contributed by atoms with Crippen LogP contribution in [0.1, 0.15) is 15.9 Å². The van der Waals surface area contributed by atoms with Crippen molar-refractivity contribution in [2.45, 2.75) is 13.0 Å². The molecule has 2 rings (SSSR count). The van der Waals surface area contributed by atoms with Crippen LogP contribution in [-0.4, -0.2) is 40.4 Å². The topological polar surface area (TPSA) is 108 Å². The summed E-state index contributed by atoms with van der Waals surface area (Å²) in [5.74, 6) is 0.128. The Morgan fingerprint density at radius 3 is 2.45 bits per heavy atom. The monoisotopic (exact) mass is 301 g/mol. The smallest absolute Gasteiger partial charge is 0.251 e. The zero-order valence-electron chi connectivity index (χ0n) is 12.3. The van der Waals surface area contributed by atoms with Gasteiger partial charge >= 0.3 is 0 Å². The van der Waals surface area contributed by atoms with Gasteiger partial charge in [-0.3, -0.25) is 4.79 Å². The van der Waals surface area contributed by atoms with Gasteiger partial charge in [-0.25, -0.2) is 4.98 Å². The molecule has 0 bridgehead atoms. The van der Waals surface area contributed by atoms with Crippen LogP contribution in [-0.2, 0) is 0 Å². The van der Waals surface area contributed by atoms with E-state index in [0.717, 1.165) is 16.7 Å². The number of nitrogens with one attached hydrogen (secondary N) is 1. The number of anilines is 1. The summed E-state index contributed by atoms with van der Waals surface area (Å²) < 4.78 is 0.